The Labute approximate surface area is 145 Å². The average molecular weight is 341 g/mol. The maximum atomic E-state index is 12.2. The molecule has 0 aliphatic heterocycles. The summed E-state index contributed by atoms with van der Waals surface area (Å²) in [6, 6.07) is 13.2. The number of aryl methyl sites for hydroxylation is 1. The zero-order chi connectivity index (χ0) is 17.1. The van der Waals surface area contributed by atoms with Crippen molar-refractivity contribution in [2.45, 2.75) is 20.4 Å². The van der Waals surface area contributed by atoms with E-state index in [0.717, 1.165) is 22.6 Å². The van der Waals surface area contributed by atoms with Gasteiger partial charge in [0.05, 0.1) is 16.9 Å². The second-order valence-electron chi connectivity index (χ2n) is 5.45. The van der Waals surface area contributed by atoms with Crippen molar-refractivity contribution in [3.8, 4) is 5.69 Å². The Morgan fingerprint density at radius 1 is 1.17 bits per heavy atom. The molecule has 122 valence electrons. The lowest BCUT2D eigenvalue weighted by atomic mass is 10.2. The number of nitrogens with zero attached hydrogens (tertiary/aromatic N) is 3. The first-order chi connectivity index (χ1) is 11.6. The van der Waals surface area contributed by atoms with Gasteiger partial charge >= 0.3 is 0 Å². The lowest BCUT2D eigenvalue weighted by Crippen LogP contribution is -2.23. The van der Waals surface area contributed by atoms with E-state index < -0.39 is 0 Å². The van der Waals surface area contributed by atoms with Crippen LogP contribution in [0.25, 0.3) is 5.69 Å². The molecule has 0 aliphatic carbocycles. The van der Waals surface area contributed by atoms with Gasteiger partial charge in [0.25, 0.3) is 5.91 Å². The van der Waals surface area contributed by atoms with Crippen molar-refractivity contribution in [1.82, 2.24) is 20.1 Å². The minimum atomic E-state index is -0.189. The van der Waals surface area contributed by atoms with Gasteiger partial charge in [-0.15, -0.1) is 0 Å². The van der Waals surface area contributed by atoms with E-state index in [1.165, 1.54) is 6.20 Å². The summed E-state index contributed by atoms with van der Waals surface area (Å²) in [6.07, 6.45) is 1.46. The summed E-state index contributed by atoms with van der Waals surface area (Å²) in [5, 5.41) is 7.85. The van der Waals surface area contributed by atoms with E-state index in [4.69, 9.17) is 11.6 Å². The van der Waals surface area contributed by atoms with E-state index in [1.54, 1.807) is 12.1 Å². The van der Waals surface area contributed by atoms with Crippen molar-refractivity contribution in [3.63, 3.8) is 0 Å². The zero-order valence-electron chi connectivity index (χ0n) is 13.5. The number of benzene rings is 1. The Balaban J connectivity index is 1.77. The topological polar surface area (TPSA) is 59.8 Å². The van der Waals surface area contributed by atoms with Crippen LogP contribution >= 0.6 is 11.6 Å². The highest BCUT2D eigenvalue weighted by atomic mass is 35.5. The number of pyridine rings is 1. The summed E-state index contributed by atoms with van der Waals surface area (Å²) >= 11 is 5.74. The molecule has 24 heavy (non-hydrogen) atoms. The van der Waals surface area contributed by atoms with Gasteiger partial charge < -0.3 is 5.32 Å². The second-order valence-corrected chi connectivity index (χ2v) is 5.84. The highest BCUT2D eigenvalue weighted by molar-refractivity contribution is 6.29. The molecule has 0 aliphatic rings. The molecular formula is C18H17ClN4O. The summed E-state index contributed by atoms with van der Waals surface area (Å²) in [6.45, 7) is 4.35. The highest BCUT2D eigenvalue weighted by Crippen LogP contribution is 2.17. The second kappa shape index (κ2) is 6.84. The molecule has 5 nitrogen and oxygen atoms in total. The number of carbonyl (C=O) groups is 1. The first kappa shape index (κ1) is 16.2. The van der Waals surface area contributed by atoms with Gasteiger partial charge in [0.15, 0.2) is 0 Å². The van der Waals surface area contributed by atoms with Crippen LogP contribution in [0.3, 0.4) is 0 Å². The van der Waals surface area contributed by atoms with Gasteiger partial charge in [-0.2, -0.15) is 5.10 Å². The van der Waals surface area contributed by atoms with Crippen LogP contribution in [0.2, 0.25) is 5.15 Å². The Morgan fingerprint density at radius 2 is 1.92 bits per heavy atom. The maximum absolute atomic E-state index is 12.2. The van der Waals surface area contributed by atoms with Crippen LogP contribution in [0, 0.1) is 13.8 Å². The molecule has 0 radical (unpaired) electrons. The van der Waals surface area contributed by atoms with E-state index in [0.29, 0.717) is 17.3 Å². The van der Waals surface area contributed by atoms with Crippen LogP contribution in [0.4, 0.5) is 0 Å². The van der Waals surface area contributed by atoms with Crippen molar-refractivity contribution in [2.75, 3.05) is 0 Å². The third kappa shape index (κ3) is 3.31. The largest absolute Gasteiger partial charge is 0.348 e. The van der Waals surface area contributed by atoms with Crippen molar-refractivity contribution in [1.29, 1.82) is 0 Å². The van der Waals surface area contributed by atoms with Gasteiger partial charge in [-0.3, -0.25) is 4.79 Å². The van der Waals surface area contributed by atoms with Gasteiger partial charge in [-0.1, -0.05) is 29.8 Å². The van der Waals surface area contributed by atoms with Gasteiger partial charge in [0, 0.05) is 24.0 Å². The first-order valence-corrected chi connectivity index (χ1v) is 7.94. The van der Waals surface area contributed by atoms with Gasteiger partial charge in [0.1, 0.15) is 5.15 Å². The summed E-state index contributed by atoms with van der Waals surface area (Å²) in [7, 11) is 0. The Morgan fingerprint density at radius 3 is 2.58 bits per heavy atom. The molecule has 1 amide bonds. The summed E-state index contributed by atoms with van der Waals surface area (Å²) in [4.78, 5) is 16.1. The van der Waals surface area contributed by atoms with E-state index in [1.807, 2.05) is 48.9 Å². The van der Waals surface area contributed by atoms with Crippen LogP contribution in [0.5, 0.6) is 0 Å². The molecule has 2 heterocycles. The van der Waals surface area contributed by atoms with Crippen molar-refractivity contribution in [2.24, 2.45) is 0 Å². The molecule has 6 heteroatoms. The number of aromatic nitrogens is 3. The average Bonchev–Trinajstić information content (AvgIpc) is 2.88. The Kier molecular flexibility index (Phi) is 4.62. The van der Waals surface area contributed by atoms with E-state index in [2.05, 4.69) is 15.4 Å². The lowest BCUT2D eigenvalue weighted by molar-refractivity contribution is 0.0950. The Hall–Kier alpha value is -2.66. The SMILES string of the molecule is Cc1nn(-c2ccccc2)c(C)c1CNC(=O)c1ccc(Cl)nc1. The minimum absolute atomic E-state index is 0.189. The molecule has 0 bridgehead atoms. The van der Waals surface area contributed by atoms with E-state index >= 15 is 0 Å². The maximum Gasteiger partial charge on any atom is 0.253 e. The standard InChI is InChI=1S/C18H17ClN4O/c1-12-16(11-21-18(24)14-8-9-17(19)20-10-14)13(2)23(22-12)15-6-4-3-5-7-15/h3-10H,11H2,1-2H3,(H,21,24). The number of hydrogen-bond donors (Lipinski definition) is 1. The van der Waals surface area contributed by atoms with Crippen molar-refractivity contribution < 1.29 is 4.79 Å². The molecule has 0 unspecified atom stereocenters. The van der Waals surface area contributed by atoms with Crippen LogP contribution in [0.15, 0.2) is 48.7 Å². The number of halogens is 1. The molecule has 0 fully saturated rings. The number of rotatable bonds is 4. The molecule has 0 atom stereocenters. The third-order valence-electron chi connectivity index (χ3n) is 3.86. The number of para-hydroxylation sites is 1. The van der Waals surface area contributed by atoms with Crippen LogP contribution in [0.1, 0.15) is 27.3 Å². The Bertz CT molecular complexity index is 857. The fourth-order valence-electron chi connectivity index (χ4n) is 2.53. The number of amides is 1. The highest BCUT2D eigenvalue weighted by Gasteiger charge is 2.14. The van der Waals surface area contributed by atoms with Gasteiger partial charge in [-0.25, -0.2) is 9.67 Å². The lowest BCUT2D eigenvalue weighted by Gasteiger charge is -2.07. The van der Waals surface area contributed by atoms with Gasteiger partial charge in [-0.05, 0) is 38.1 Å². The molecular weight excluding hydrogens is 324 g/mol. The predicted molar refractivity (Wildman–Crippen MR) is 93.5 cm³/mol. The zero-order valence-corrected chi connectivity index (χ0v) is 14.2. The summed E-state index contributed by atoms with van der Waals surface area (Å²) in [5.41, 5.74) is 4.39. The molecule has 3 rings (SSSR count). The van der Waals surface area contributed by atoms with E-state index in [-0.39, 0.29) is 5.91 Å². The first-order valence-electron chi connectivity index (χ1n) is 7.56. The van der Waals surface area contributed by atoms with E-state index in [9.17, 15) is 4.79 Å². The minimum Gasteiger partial charge on any atom is -0.348 e. The smallest absolute Gasteiger partial charge is 0.253 e. The molecule has 0 spiro atoms. The summed E-state index contributed by atoms with van der Waals surface area (Å²) < 4.78 is 1.89. The van der Waals surface area contributed by atoms with Gasteiger partial charge in [0.2, 0.25) is 0 Å². The number of carbonyl (C=O) groups excluding carboxylic acids is 1. The molecule has 3 aromatic rings. The number of hydrogen-bond acceptors (Lipinski definition) is 3. The molecule has 1 aromatic carbocycles. The fourth-order valence-corrected chi connectivity index (χ4v) is 2.64. The van der Waals surface area contributed by atoms with Crippen LogP contribution < -0.4 is 5.32 Å². The quantitative estimate of drug-likeness (QED) is 0.740. The van der Waals surface area contributed by atoms with Crippen LogP contribution in [-0.4, -0.2) is 20.7 Å². The molecule has 1 N–H and O–H groups in total. The predicted octanol–water partition coefficient (Wildman–Crippen LogP) is 3.47. The van der Waals surface area contributed by atoms with Crippen molar-refractivity contribution in [3.05, 3.63) is 76.3 Å². The molecule has 0 saturated carbocycles. The third-order valence-corrected chi connectivity index (χ3v) is 4.08. The molecule has 0 saturated heterocycles. The number of nitrogens with one attached hydrogen (secondary N) is 1. The molecule has 2 aromatic heterocycles. The van der Waals surface area contributed by atoms with Crippen LogP contribution in [-0.2, 0) is 6.54 Å². The summed E-state index contributed by atoms with van der Waals surface area (Å²) in [5.74, 6) is -0.189. The van der Waals surface area contributed by atoms with Crippen molar-refractivity contribution >= 4 is 17.5 Å². The normalized spacial score (nSPS) is 10.6. The fraction of sp³-hybridized carbons (Fsp3) is 0.167. The monoisotopic (exact) mass is 340 g/mol.